The van der Waals surface area contributed by atoms with Crippen LogP contribution in [-0.2, 0) is 19.4 Å². The Kier molecular flexibility index (Phi) is 24.6. The molecule has 0 aliphatic rings. The van der Waals surface area contributed by atoms with Gasteiger partial charge in [-0.25, -0.2) is 0 Å². The summed E-state index contributed by atoms with van der Waals surface area (Å²) in [5, 5.41) is 0. The molecule has 0 aromatic heterocycles. The Hall–Kier alpha value is 1.20. The van der Waals surface area contributed by atoms with E-state index in [9.17, 15) is 0 Å². The van der Waals surface area contributed by atoms with Gasteiger partial charge < -0.3 is 0 Å². The molecule has 0 bridgehead atoms. The van der Waals surface area contributed by atoms with Crippen molar-refractivity contribution in [3.8, 4) is 0 Å². The molecule has 0 spiro atoms. The number of nitrogens with zero attached hydrogens (tertiary/aromatic N) is 1. The van der Waals surface area contributed by atoms with Gasteiger partial charge in [0.2, 0.25) is 0 Å². The molecule has 0 aliphatic carbocycles. The molecule has 0 fully saturated rings. The van der Waals surface area contributed by atoms with Crippen LogP contribution in [-0.4, -0.2) is 18.0 Å². The van der Waals surface area contributed by atoms with Crippen LogP contribution in [0.25, 0.3) is 0 Å². The largest absolute Gasteiger partial charge is 0.299 e. The van der Waals surface area contributed by atoms with E-state index in [4.69, 9.17) is 0 Å². The van der Waals surface area contributed by atoms with Crippen LogP contribution < -0.4 is 0 Å². The molecule has 1 rings (SSSR count). The third-order valence-electron chi connectivity index (χ3n) is 3.86. The maximum atomic E-state index is 2.57. The first-order valence-electron chi connectivity index (χ1n) is 8.40. The average Bonchev–Trinajstić information content (AvgIpc) is 2.55. The zero-order valence-corrected chi connectivity index (χ0v) is 21.7. The third kappa shape index (κ3) is 13.1. The minimum absolute atomic E-state index is 0. The highest BCUT2D eigenvalue weighted by Gasteiger charge is 2.05. The molecule has 1 aromatic rings. The van der Waals surface area contributed by atoms with Gasteiger partial charge in [0.1, 0.15) is 0 Å². The summed E-state index contributed by atoms with van der Waals surface area (Å²) in [6.07, 6.45) is 6.28. The van der Waals surface area contributed by atoms with E-state index in [0.717, 1.165) is 25.9 Å². The number of aryl methyl sites for hydroxylation is 2. The van der Waals surface area contributed by atoms with Crippen LogP contribution >= 0.6 is 51.7 Å². The lowest BCUT2D eigenvalue weighted by atomic mass is 10.0. The van der Waals surface area contributed by atoms with Crippen LogP contribution in [0.2, 0.25) is 0 Å². The van der Waals surface area contributed by atoms with Crippen LogP contribution in [0.5, 0.6) is 0 Å². The highest BCUT2D eigenvalue weighted by atomic mass is 127. The minimum Gasteiger partial charge on any atom is -0.299 e. The van der Waals surface area contributed by atoms with E-state index in [1.807, 2.05) is 0 Å². The molecular weight excluding hydrogens is 450 g/mol. The van der Waals surface area contributed by atoms with Crippen molar-refractivity contribution in [1.29, 1.82) is 0 Å². The SMILES string of the molecule is CCCCCN(CC)Cc1cc(CC)cc(CC)c1.I.P.PP. The van der Waals surface area contributed by atoms with E-state index in [1.54, 1.807) is 0 Å². The number of unbranched alkanes of at least 4 members (excludes halogenated alkanes) is 2. The van der Waals surface area contributed by atoms with Crippen molar-refractivity contribution >= 4 is 51.7 Å². The standard InChI is InChI=1S/C18H31N.HI.H4P2.H3P/c1-5-9-10-11-19(8-4)15-18-13-16(6-2)12-17(7-3)14-18;;1-2;/h12-14H,5-11,15H2,1-4H3;1H;1-2H2;1H3. The summed E-state index contributed by atoms with van der Waals surface area (Å²) in [7, 11) is 4.67. The van der Waals surface area contributed by atoms with E-state index in [-0.39, 0.29) is 33.9 Å². The lowest BCUT2D eigenvalue weighted by Gasteiger charge is -2.21. The second kappa shape index (κ2) is 19.5. The Morgan fingerprint density at radius 3 is 1.70 bits per heavy atom. The lowest BCUT2D eigenvalue weighted by molar-refractivity contribution is 0.273. The zero-order chi connectivity index (χ0) is 16.1. The van der Waals surface area contributed by atoms with Gasteiger partial charge in [0, 0.05) is 6.54 Å². The zero-order valence-electron chi connectivity index (χ0n) is 15.6. The van der Waals surface area contributed by atoms with Gasteiger partial charge in [-0.15, -0.1) is 41.8 Å². The Bertz CT molecular complexity index is 353. The van der Waals surface area contributed by atoms with Crippen molar-refractivity contribution in [2.45, 2.75) is 66.3 Å². The minimum atomic E-state index is 0. The fourth-order valence-electron chi connectivity index (χ4n) is 2.53. The van der Waals surface area contributed by atoms with Gasteiger partial charge in [-0.3, -0.25) is 4.90 Å². The molecule has 0 heterocycles. The number of hydrogen-bond donors (Lipinski definition) is 0. The van der Waals surface area contributed by atoms with Crippen molar-refractivity contribution < 1.29 is 0 Å². The summed E-state index contributed by atoms with van der Waals surface area (Å²) >= 11 is 0. The first-order chi connectivity index (χ1) is 10.2. The van der Waals surface area contributed by atoms with Gasteiger partial charge in [0.15, 0.2) is 0 Å². The molecule has 0 aliphatic heterocycles. The fraction of sp³-hybridized carbons (Fsp3) is 0.667. The molecule has 3 atom stereocenters. The van der Waals surface area contributed by atoms with Gasteiger partial charge in [-0.1, -0.05) is 58.7 Å². The summed E-state index contributed by atoms with van der Waals surface area (Å²) in [6, 6.07) is 7.14. The molecule has 0 saturated carbocycles. The summed E-state index contributed by atoms with van der Waals surface area (Å²) in [5.74, 6) is 0. The van der Waals surface area contributed by atoms with Gasteiger partial charge in [-0.2, -0.15) is 9.90 Å². The molecule has 3 unspecified atom stereocenters. The molecule has 0 radical (unpaired) electrons. The Balaban J connectivity index is -0.000000960. The van der Waals surface area contributed by atoms with E-state index >= 15 is 0 Å². The normalized spacial score (nSPS) is 9.52. The summed E-state index contributed by atoms with van der Waals surface area (Å²) in [5.41, 5.74) is 4.47. The highest BCUT2D eigenvalue weighted by molar-refractivity contribution is 14.0. The Morgan fingerprint density at radius 2 is 1.30 bits per heavy atom. The molecule has 1 aromatic carbocycles. The maximum absolute atomic E-state index is 2.57. The van der Waals surface area contributed by atoms with Crippen molar-refractivity contribution in [2.75, 3.05) is 13.1 Å². The van der Waals surface area contributed by atoms with Crippen molar-refractivity contribution in [3.05, 3.63) is 34.9 Å². The number of rotatable bonds is 9. The molecule has 0 saturated heterocycles. The highest BCUT2D eigenvalue weighted by Crippen LogP contribution is 2.14. The second-order valence-electron chi connectivity index (χ2n) is 5.44. The third-order valence-corrected chi connectivity index (χ3v) is 3.86. The molecule has 1 nitrogen and oxygen atoms in total. The first-order valence-corrected chi connectivity index (χ1v) is 11.1. The predicted molar refractivity (Wildman–Crippen MR) is 132 cm³/mol. The number of halogens is 1. The Labute approximate surface area is 170 Å². The first kappa shape index (κ1) is 29.0. The molecule has 138 valence electrons. The van der Waals surface area contributed by atoms with Crippen LogP contribution in [0.1, 0.15) is 63.6 Å². The van der Waals surface area contributed by atoms with E-state index < -0.39 is 0 Å². The quantitative estimate of drug-likeness (QED) is 0.229. The summed E-state index contributed by atoms with van der Waals surface area (Å²) in [4.78, 5) is 2.57. The smallest absolute Gasteiger partial charge is 0.0233 e. The predicted octanol–water partition coefficient (Wildman–Crippen LogP) is 6.15. The van der Waals surface area contributed by atoms with Crippen LogP contribution in [0, 0.1) is 0 Å². The number of hydrogen-bond acceptors (Lipinski definition) is 1. The van der Waals surface area contributed by atoms with Crippen LogP contribution in [0.15, 0.2) is 18.2 Å². The fourth-order valence-corrected chi connectivity index (χ4v) is 2.53. The lowest BCUT2D eigenvalue weighted by Crippen LogP contribution is -2.24. The van der Waals surface area contributed by atoms with Gasteiger partial charge in [-0.05, 0) is 49.0 Å². The van der Waals surface area contributed by atoms with E-state index in [2.05, 4.69) is 68.7 Å². The molecule has 0 amide bonds. The van der Waals surface area contributed by atoms with Crippen LogP contribution in [0.4, 0.5) is 0 Å². The van der Waals surface area contributed by atoms with Gasteiger partial charge >= 0.3 is 0 Å². The molecule has 0 N–H and O–H groups in total. The molecule has 23 heavy (non-hydrogen) atoms. The maximum Gasteiger partial charge on any atom is 0.0233 e. The molecular formula is C18H39INP3. The van der Waals surface area contributed by atoms with Crippen molar-refractivity contribution in [2.24, 2.45) is 0 Å². The Morgan fingerprint density at radius 1 is 0.826 bits per heavy atom. The average molecular weight is 489 g/mol. The van der Waals surface area contributed by atoms with Crippen LogP contribution in [0.3, 0.4) is 0 Å². The van der Waals surface area contributed by atoms with Crippen molar-refractivity contribution in [3.63, 3.8) is 0 Å². The van der Waals surface area contributed by atoms with Crippen molar-refractivity contribution in [1.82, 2.24) is 4.90 Å². The van der Waals surface area contributed by atoms with E-state index in [1.165, 1.54) is 42.5 Å². The second-order valence-corrected chi connectivity index (χ2v) is 5.44. The summed E-state index contributed by atoms with van der Waals surface area (Å²) < 4.78 is 0. The van der Waals surface area contributed by atoms with Gasteiger partial charge in [0.05, 0.1) is 0 Å². The monoisotopic (exact) mass is 489 g/mol. The van der Waals surface area contributed by atoms with E-state index in [0.29, 0.717) is 0 Å². The number of benzene rings is 1. The summed E-state index contributed by atoms with van der Waals surface area (Å²) in [6.45, 7) is 12.5. The van der Waals surface area contributed by atoms with Gasteiger partial charge in [0.25, 0.3) is 0 Å². The molecule has 5 heteroatoms. The topological polar surface area (TPSA) is 3.24 Å².